The first-order valence-corrected chi connectivity index (χ1v) is 11.8. The molecule has 0 spiro atoms. The van der Waals surface area contributed by atoms with E-state index in [1.165, 1.54) is 5.56 Å². The van der Waals surface area contributed by atoms with Crippen LogP contribution in [0.25, 0.3) is 12.2 Å². The molecule has 170 valence electrons. The summed E-state index contributed by atoms with van der Waals surface area (Å²) in [7, 11) is 0. The average Bonchev–Trinajstić information content (AvgIpc) is 3.58. The number of aromatic nitrogens is 1. The number of nitrogens with one attached hydrogen (secondary N) is 2. The second-order valence-electron chi connectivity index (χ2n) is 8.65. The Morgan fingerprint density at radius 3 is 2.77 bits per heavy atom. The molecule has 2 fully saturated rings. The largest absolute Gasteiger partial charge is 0.356 e. The molecule has 0 radical (unpaired) electrons. The maximum absolute atomic E-state index is 13.3. The second-order valence-corrected chi connectivity index (χ2v) is 8.65. The van der Waals surface area contributed by atoms with Gasteiger partial charge in [-0.3, -0.25) is 9.59 Å². The van der Waals surface area contributed by atoms with Crippen molar-refractivity contribution in [2.75, 3.05) is 19.6 Å². The molecule has 6 heteroatoms. The van der Waals surface area contributed by atoms with Gasteiger partial charge in [-0.15, -0.1) is 0 Å². The van der Waals surface area contributed by atoms with Gasteiger partial charge in [0.25, 0.3) is 0 Å². The standard InChI is InChI=1S/C25H38N4O2/c1-4-9-22-20(17-28(23(22)5-2)15-8-14-27-24(30)6-3)18-29(21-11-12-21)25(31)19-10-7-13-26-16-19/h4-5,9,17,19,21,26H,2,6-8,10-16,18H2,1,3H3,(H,27,30)/b9-4-/t19-/m1/s1. The number of rotatable bonds is 11. The molecule has 2 N–H and O–H groups in total. The topological polar surface area (TPSA) is 66.4 Å². The molecule has 1 saturated carbocycles. The van der Waals surface area contributed by atoms with Crippen molar-refractivity contribution in [3.63, 3.8) is 0 Å². The number of carbonyl (C=O) groups excluding carboxylic acids is 2. The molecule has 1 aromatic heterocycles. The van der Waals surface area contributed by atoms with E-state index in [1.54, 1.807) is 0 Å². The predicted molar refractivity (Wildman–Crippen MR) is 126 cm³/mol. The SMILES string of the molecule is C=Cc1c(/C=C\C)c(CN(C(=O)[C@@H]2CCCNC2)C2CC2)cn1CCCNC(=O)CC. The Kier molecular flexibility index (Phi) is 8.52. The molecule has 31 heavy (non-hydrogen) atoms. The van der Waals surface area contributed by atoms with Crippen LogP contribution in [0.1, 0.15) is 69.2 Å². The number of nitrogens with zero attached hydrogens (tertiary/aromatic N) is 2. The Hall–Kier alpha value is -2.34. The van der Waals surface area contributed by atoms with Gasteiger partial charge in [0.2, 0.25) is 11.8 Å². The molecule has 1 atom stereocenters. The lowest BCUT2D eigenvalue weighted by atomic mass is 9.97. The van der Waals surface area contributed by atoms with Crippen LogP contribution in [-0.2, 0) is 22.7 Å². The van der Waals surface area contributed by atoms with Gasteiger partial charge in [0.1, 0.15) is 0 Å². The molecular formula is C25H38N4O2. The van der Waals surface area contributed by atoms with Gasteiger partial charge in [-0.2, -0.15) is 0 Å². The predicted octanol–water partition coefficient (Wildman–Crippen LogP) is 3.57. The number of piperidine rings is 1. The minimum Gasteiger partial charge on any atom is -0.356 e. The summed E-state index contributed by atoms with van der Waals surface area (Å²) in [6, 6.07) is 0.382. The third-order valence-electron chi connectivity index (χ3n) is 6.25. The fraction of sp³-hybridized carbons (Fsp3) is 0.600. The van der Waals surface area contributed by atoms with E-state index in [0.29, 0.717) is 31.5 Å². The molecule has 0 unspecified atom stereocenters. The van der Waals surface area contributed by atoms with Crippen LogP contribution in [-0.4, -0.2) is 47.0 Å². The van der Waals surface area contributed by atoms with Crippen molar-refractivity contribution >= 4 is 24.0 Å². The molecule has 2 aliphatic rings. The minimum atomic E-state index is 0.0857. The van der Waals surface area contributed by atoms with E-state index < -0.39 is 0 Å². The summed E-state index contributed by atoms with van der Waals surface area (Å²) in [5, 5.41) is 6.33. The highest BCUT2D eigenvalue weighted by molar-refractivity contribution is 5.80. The molecule has 6 nitrogen and oxygen atoms in total. The first-order chi connectivity index (χ1) is 15.1. The Morgan fingerprint density at radius 2 is 2.16 bits per heavy atom. The van der Waals surface area contributed by atoms with Gasteiger partial charge >= 0.3 is 0 Å². The molecule has 1 aromatic rings. The smallest absolute Gasteiger partial charge is 0.227 e. The summed E-state index contributed by atoms with van der Waals surface area (Å²) in [5.74, 6) is 0.487. The number of carbonyl (C=O) groups is 2. The summed E-state index contributed by atoms with van der Waals surface area (Å²) in [5.41, 5.74) is 3.40. The highest BCUT2D eigenvalue weighted by Gasteiger charge is 2.36. The summed E-state index contributed by atoms with van der Waals surface area (Å²) < 4.78 is 2.22. The first-order valence-electron chi connectivity index (χ1n) is 11.8. The maximum atomic E-state index is 13.3. The zero-order valence-electron chi connectivity index (χ0n) is 19.2. The van der Waals surface area contributed by atoms with Crippen LogP contribution in [0, 0.1) is 5.92 Å². The van der Waals surface area contributed by atoms with Gasteiger partial charge in [-0.1, -0.05) is 25.7 Å². The first kappa shape index (κ1) is 23.3. The van der Waals surface area contributed by atoms with E-state index in [0.717, 1.165) is 63.0 Å². The van der Waals surface area contributed by atoms with Crippen molar-refractivity contribution in [3.8, 4) is 0 Å². The molecule has 1 aliphatic heterocycles. The van der Waals surface area contributed by atoms with Crippen LogP contribution in [0.2, 0.25) is 0 Å². The lowest BCUT2D eigenvalue weighted by Gasteiger charge is -2.30. The maximum Gasteiger partial charge on any atom is 0.227 e. The Balaban J connectivity index is 1.76. The number of aryl methyl sites for hydroxylation is 1. The van der Waals surface area contributed by atoms with Crippen LogP contribution >= 0.6 is 0 Å². The summed E-state index contributed by atoms with van der Waals surface area (Å²) in [6.45, 7) is 11.9. The lowest BCUT2D eigenvalue weighted by molar-refractivity contribution is -0.137. The van der Waals surface area contributed by atoms with Gasteiger partial charge in [0.15, 0.2) is 0 Å². The summed E-state index contributed by atoms with van der Waals surface area (Å²) in [4.78, 5) is 26.9. The molecule has 1 aliphatic carbocycles. The molecule has 2 amide bonds. The number of allylic oxidation sites excluding steroid dienone is 1. The second kappa shape index (κ2) is 11.3. The van der Waals surface area contributed by atoms with Crippen LogP contribution in [0.15, 0.2) is 18.9 Å². The van der Waals surface area contributed by atoms with Crippen LogP contribution < -0.4 is 10.6 Å². The molecule has 2 heterocycles. The van der Waals surface area contributed by atoms with Crippen LogP contribution in [0.3, 0.4) is 0 Å². The van der Waals surface area contributed by atoms with E-state index >= 15 is 0 Å². The molecule has 3 rings (SSSR count). The van der Waals surface area contributed by atoms with Gasteiger partial charge in [-0.25, -0.2) is 0 Å². The highest BCUT2D eigenvalue weighted by Crippen LogP contribution is 2.32. The van der Waals surface area contributed by atoms with E-state index in [4.69, 9.17) is 0 Å². The van der Waals surface area contributed by atoms with Crippen molar-refractivity contribution in [3.05, 3.63) is 35.7 Å². The Bertz CT molecular complexity index is 801. The van der Waals surface area contributed by atoms with Gasteiger partial charge < -0.3 is 20.1 Å². The zero-order chi connectivity index (χ0) is 22.2. The normalized spacial score (nSPS) is 18.8. The molecular weight excluding hydrogens is 388 g/mol. The van der Waals surface area contributed by atoms with E-state index in [-0.39, 0.29) is 11.8 Å². The van der Waals surface area contributed by atoms with E-state index in [2.05, 4.69) is 39.0 Å². The van der Waals surface area contributed by atoms with Crippen LogP contribution in [0.5, 0.6) is 0 Å². The van der Waals surface area contributed by atoms with E-state index in [1.807, 2.05) is 26.0 Å². The fourth-order valence-electron chi connectivity index (χ4n) is 4.40. The van der Waals surface area contributed by atoms with Gasteiger partial charge in [0, 0.05) is 56.1 Å². The lowest BCUT2D eigenvalue weighted by Crippen LogP contribution is -2.43. The summed E-state index contributed by atoms with van der Waals surface area (Å²) >= 11 is 0. The quantitative estimate of drug-likeness (QED) is 0.532. The third-order valence-corrected chi connectivity index (χ3v) is 6.25. The minimum absolute atomic E-state index is 0.0857. The third kappa shape index (κ3) is 6.10. The number of hydrogen-bond donors (Lipinski definition) is 2. The average molecular weight is 427 g/mol. The van der Waals surface area contributed by atoms with E-state index in [9.17, 15) is 9.59 Å². The van der Waals surface area contributed by atoms with Crippen molar-refractivity contribution in [1.82, 2.24) is 20.1 Å². The van der Waals surface area contributed by atoms with Gasteiger partial charge in [0.05, 0.1) is 5.92 Å². The number of amides is 2. The highest BCUT2D eigenvalue weighted by atomic mass is 16.2. The monoisotopic (exact) mass is 426 g/mol. The number of hydrogen-bond acceptors (Lipinski definition) is 3. The zero-order valence-corrected chi connectivity index (χ0v) is 19.2. The molecule has 0 bridgehead atoms. The summed E-state index contributed by atoms with van der Waals surface area (Å²) in [6.07, 6.45) is 13.9. The molecule has 1 saturated heterocycles. The van der Waals surface area contributed by atoms with Crippen molar-refractivity contribution in [2.45, 2.75) is 71.5 Å². The van der Waals surface area contributed by atoms with Crippen molar-refractivity contribution < 1.29 is 9.59 Å². The van der Waals surface area contributed by atoms with Crippen molar-refractivity contribution in [1.29, 1.82) is 0 Å². The van der Waals surface area contributed by atoms with Crippen LogP contribution in [0.4, 0.5) is 0 Å². The van der Waals surface area contributed by atoms with Gasteiger partial charge in [-0.05, 0) is 57.2 Å². The van der Waals surface area contributed by atoms with Crippen molar-refractivity contribution in [2.24, 2.45) is 5.92 Å². The Labute approximate surface area is 186 Å². The fourth-order valence-corrected chi connectivity index (χ4v) is 4.40. The molecule has 0 aromatic carbocycles. The Morgan fingerprint density at radius 1 is 1.35 bits per heavy atom.